The molecule has 1 saturated heterocycles. The fourth-order valence-corrected chi connectivity index (χ4v) is 4.03. The van der Waals surface area contributed by atoms with E-state index in [1.807, 2.05) is 6.07 Å². The van der Waals surface area contributed by atoms with Gasteiger partial charge in [-0.1, -0.05) is 6.07 Å². The number of anilines is 1. The number of carbonyl (C=O) groups is 2. The number of aliphatic hydroxyl groups is 1. The van der Waals surface area contributed by atoms with E-state index >= 15 is 0 Å². The van der Waals surface area contributed by atoms with Crippen molar-refractivity contribution in [3.8, 4) is 6.07 Å². The molecule has 10 heteroatoms. The van der Waals surface area contributed by atoms with Crippen LogP contribution in [0.15, 0.2) is 36.5 Å². The molecule has 0 radical (unpaired) electrons. The number of β-amino-alcohol motifs (C(OH)–C–C–N with tert-alkyl or cyclic N) is 1. The van der Waals surface area contributed by atoms with Gasteiger partial charge in [0.05, 0.1) is 23.3 Å². The van der Waals surface area contributed by atoms with E-state index in [0.717, 1.165) is 6.42 Å². The van der Waals surface area contributed by atoms with Crippen molar-refractivity contribution in [1.29, 1.82) is 5.26 Å². The Morgan fingerprint density at radius 1 is 1.32 bits per heavy atom. The number of rotatable bonds is 7. The zero-order chi connectivity index (χ0) is 24.1. The van der Waals surface area contributed by atoms with Crippen molar-refractivity contribution < 1.29 is 19.4 Å². The predicted octanol–water partition coefficient (Wildman–Crippen LogP) is 2.19. The smallest absolute Gasteiger partial charge is 0.258 e. The van der Waals surface area contributed by atoms with E-state index in [0.29, 0.717) is 72.9 Å². The lowest BCUT2D eigenvalue weighted by Gasteiger charge is -2.30. The quantitative estimate of drug-likeness (QED) is 0.514. The second-order valence-electron chi connectivity index (χ2n) is 8.19. The number of methoxy groups -OCH3 is 1. The molecule has 0 saturated carbocycles. The Kier molecular flexibility index (Phi) is 7.15. The van der Waals surface area contributed by atoms with Crippen LogP contribution in [0.2, 0.25) is 0 Å². The number of ether oxygens (including phenoxy) is 1. The number of hydrogen-bond donors (Lipinski definition) is 2. The highest BCUT2D eigenvalue weighted by atomic mass is 16.5. The molecular formula is C24H26N6O4. The molecule has 0 bridgehead atoms. The van der Waals surface area contributed by atoms with Crippen molar-refractivity contribution in [3.63, 3.8) is 0 Å². The second-order valence-corrected chi connectivity index (χ2v) is 8.19. The Labute approximate surface area is 196 Å². The van der Waals surface area contributed by atoms with Crippen LogP contribution in [0.5, 0.6) is 0 Å². The third-order valence-electron chi connectivity index (χ3n) is 5.72. The van der Waals surface area contributed by atoms with Crippen LogP contribution in [-0.4, -0.2) is 69.3 Å². The number of pyridine rings is 1. The molecule has 4 rings (SSSR count). The first kappa shape index (κ1) is 23.4. The van der Waals surface area contributed by atoms with Gasteiger partial charge < -0.3 is 14.7 Å². The standard InChI is InChI=1S/C24H26N6O4/c1-34-10-4-9-30-21-20(12-18(14-26-21)23(33)29-8-3-7-19(31)15-29)27-24(30)28-22(32)17-6-2-5-16(11-17)13-25/h2,5-6,11-12,14,19,31H,3-4,7-10,15H2,1H3,(H,27,28,32)/t19-/m1/s1. The molecule has 0 spiro atoms. The number of benzene rings is 1. The Morgan fingerprint density at radius 2 is 2.18 bits per heavy atom. The maximum Gasteiger partial charge on any atom is 0.258 e. The van der Waals surface area contributed by atoms with E-state index in [2.05, 4.69) is 15.3 Å². The van der Waals surface area contributed by atoms with Crippen LogP contribution in [0.25, 0.3) is 11.2 Å². The molecular weight excluding hydrogens is 436 g/mol. The predicted molar refractivity (Wildman–Crippen MR) is 124 cm³/mol. The van der Waals surface area contributed by atoms with Crippen molar-refractivity contribution in [2.45, 2.75) is 31.9 Å². The van der Waals surface area contributed by atoms with Crippen LogP contribution in [0.3, 0.4) is 0 Å². The molecule has 2 N–H and O–H groups in total. The highest BCUT2D eigenvalue weighted by molar-refractivity contribution is 6.04. The summed E-state index contributed by atoms with van der Waals surface area (Å²) < 4.78 is 6.93. The summed E-state index contributed by atoms with van der Waals surface area (Å²) >= 11 is 0. The molecule has 0 unspecified atom stereocenters. The molecule has 34 heavy (non-hydrogen) atoms. The number of nitriles is 1. The number of aromatic nitrogens is 3. The number of piperidine rings is 1. The summed E-state index contributed by atoms with van der Waals surface area (Å²) in [6, 6.07) is 10.1. The van der Waals surface area contributed by atoms with E-state index in [1.165, 1.54) is 12.3 Å². The molecule has 1 aliphatic heterocycles. The Balaban J connectivity index is 1.64. The minimum absolute atomic E-state index is 0.207. The van der Waals surface area contributed by atoms with Crippen LogP contribution >= 0.6 is 0 Å². The van der Waals surface area contributed by atoms with Crippen molar-refractivity contribution in [3.05, 3.63) is 53.2 Å². The van der Waals surface area contributed by atoms with Crippen LogP contribution in [-0.2, 0) is 11.3 Å². The molecule has 1 aliphatic rings. The fraction of sp³-hybridized carbons (Fsp3) is 0.375. The number of amides is 2. The van der Waals surface area contributed by atoms with Gasteiger partial charge in [-0.2, -0.15) is 5.26 Å². The lowest BCUT2D eigenvalue weighted by atomic mass is 10.1. The van der Waals surface area contributed by atoms with Gasteiger partial charge in [0.2, 0.25) is 5.95 Å². The number of likely N-dealkylation sites (tertiary alicyclic amines) is 1. The molecule has 2 amide bonds. The molecule has 2 aromatic heterocycles. The van der Waals surface area contributed by atoms with E-state index in [-0.39, 0.29) is 5.91 Å². The molecule has 1 atom stereocenters. The van der Waals surface area contributed by atoms with E-state index in [9.17, 15) is 14.7 Å². The van der Waals surface area contributed by atoms with Gasteiger partial charge in [0.1, 0.15) is 5.52 Å². The van der Waals surface area contributed by atoms with E-state index in [4.69, 9.17) is 10.00 Å². The maximum atomic E-state index is 12.9. The number of nitrogens with one attached hydrogen (secondary N) is 1. The van der Waals surface area contributed by atoms with Crippen molar-refractivity contribution in [2.75, 3.05) is 32.1 Å². The summed E-state index contributed by atoms with van der Waals surface area (Å²) in [5.74, 6) is -0.316. The number of aliphatic hydroxyl groups excluding tert-OH is 1. The molecule has 1 fully saturated rings. The van der Waals surface area contributed by atoms with E-state index < -0.39 is 12.0 Å². The zero-order valence-corrected chi connectivity index (χ0v) is 18.9. The van der Waals surface area contributed by atoms with Gasteiger partial charge in [0, 0.05) is 45.1 Å². The first-order valence-corrected chi connectivity index (χ1v) is 11.1. The lowest BCUT2D eigenvalue weighted by Crippen LogP contribution is -2.42. The van der Waals surface area contributed by atoms with Gasteiger partial charge >= 0.3 is 0 Å². The van der Waals surface area contributed by atoms with Gasteiger partial charge in [-0.15, -0.1) is 0 Å². The first-order valence-electron chi connectivity index (χ1n) is 11.1. The molecule has 176 valence electrons. The third-order valence-corrected chi connectivity index (χ3v) is 5.72. The number of imidazole rings is 1. The minimum Gasteiger partial charge on any atom is -0.391 e. The summed E-state index contributed by atoms with van der Waals surface area (Å²) in [5.41, 5.74) is 2.10. The van der Waals surface area contributed by atoms with Crippen LogP contribution in [0, 0.1) is 11.3 Å². The minimum atomic E-state index is -0.518. The van der Waals surface area contributed by atoms with Gasteiger partial charge in [-0.3, -0.25) is 19.5 Å². The highest BCUT2D eigenvalue weighted by Gasteiger charge is 2.24. The molecule has 0 aliphatic carbocycles. The lowest BCUT2D eigenvalue weighted by molar-refractivity contribution is 0.0473. The fourth-order valence-electron chi connectivity index (χ4n) is 4.03. The molecule has 3 aromatic rings. The zero-order valence-electron chi connectivity index (χ0n) is 18.9. The Hall–Kier alpha value is -3.81. The number of carbonyl (C=O) groups excluding carboxylic acids is 2. The summed E-state index contributed by atoms with van der Waals surface area (Å²) in [5, 5.41) is 21.8. The molecule has 10 nitrogen and oxygen atoms in total. The van der Waals surface area contributed by atoms with Gasteiger partial charge in [-0.05, 0) is 43.5 Å². The third kappa shape index (κ3) is 5.06. The average Bonchev–Trinajstić information content (AvgIpc) is 3.19. The number of fused-ring (bicyclic) bond motifs is 1. The Bertz CT molecular complexity index is 1250. The van der Waals surface area contributed by atoms with Crippen molar-refractivity contribution in [2.24, 2.45) is 0 Å². The number of hydrogen-bond acceptors (Lipinski definition) is 7. The average molecular weight is 463 g/mol. The van der Waals surface area contributed by atoms with Crippen LogP contribution < -0.4 is 5.32 Å². The maximum absolute atomic E-state index is 12.9. The molecule has 3 heterocycles. The highest BCUT2D eigenvalue weighted by Crippen LogP contribution is 2.22. The van der Waals surface area contributed by atoms with Gasteiger partial charge in [0.25, 0.3) is 11.8 Å². The summed E-state index contributed by atoms with van der Waals surface area (Å²) in [4.78, 5) is 36.4. The largest absolute Gasteiger partial charge is 0.391 e. The van der Waals surface area contributed by atoms with Gasteiger partial charge in [0.15, 0.2) is 5.65 Å². The number of aryl methyl sites for hydroxylation is 1. The molecule has 1 aromatic carbocycles. The first-order chi connectivity index (χ1) is 16.5. The second kappa shape index (κ2) is 10.4. The van der Waals surface area contributed by atoms with Gasteiger partial charge in [-0.25, -0.2) is 9.97 Å². The SMILES string of the molecule is COCCCn1c(NC(=O)c2cccc(C#N)c2)nc2cc(C(=O)N3CCC[C@@H](O)C3)cnc21. The normalized spacial score (nSPS) is 15.8. The van der Waals surface area contributed by atoms with Crippen molar-refractivity contribution >= 4 is 28.9 Å². The van der Waals surface area contributed by atoms with Crippen LogP contribution in [0.4, 0.5) is 5.95 Å². The number of nitrogens with zero attached hydrogens (tertiary/aromatic N) is 5. The topological polar surface area (TPSA) is 133 Å². The summed E-state index contributed by atoms with van der Waals surface area (Å²) in [6.45, 7) is 1.90. The van der Waals surface area contributed by atoms with Crippen LogP contribution in [0.1, 0.15) is 45.5 Å². The summed E-state index contributed by atoms with van der Waals surface area (Å²) in [6.07, 6.45) is 3.09. The monoisotopic (exact) mass is 462 g/mol. The Morgan fingerprint density at radius 3 is 2.94 bits per heavy atom. The summed E-state index contributed by atoms with van der Waals surface area (Å²) in [7, 11) is 1.62. The van der Waals surface area contributed by atoms with Crippen molar-refractivity contribution in [1.82, 2.24) is 19.4 Å². The van der Waals surface area contributed by atoms with E-state index in [1.54, 1.807) is 40.8 Å².